The molecule has 35 N–H and O–H groups in total. The molecule has 792 valence electrons. The van der Waals surface area contributed by atoms with Crippen LogP contribution in [0.3, 0.4) is 0 Å². The molecular weight excluding hydrogens is 1880 g/mol. The predicted octanol–water partition coefficient (Wildman–Crippen LogP) is -24.3. The van der Waals surface area contributed by atoms with Gasteiger partial charge in [0.25, 0.3) is 0 Å². The van der Waals surface area contributed by atoms with E-state index in [1.807, 2.05) is 0 Å². The molecule has 0 radical (unpaired) electrons. The Hall–Kier alpha value is -4.69. The van der Waals surface area contributed by atoms with Gasteiger partial charge in [0.2, 0.25) is 29.5 Å². The van der Waals surface area contributed by atoms with Crippen molar-refractivity contribution in [3.63, 3.8) is 0 Å². The summed E-state index contributed by atoms with van der Waals surface area (Å²) >= 11 is 0. The molecule has 55 unspecified atom stereocenters. The van der Waals surface area contributed by atoms with E-state index in [1.54, 1.807) is 0 Å². The van der Waals surface area contributed by atoms with Crippen LogP contribution >= 0.6 is 0 Å². The van der Waals surface area contributed by atoms with Crippen LogP contribution in [0, 0.1) is 0 Å². The maximum absolute atomic E-state index is 13.4. The minimum atomic E-state index is -2.72. The average molecular weight is 2010 g/mol. The molecule has 0 aromatic heterocycles. The molecule has 0 aliphatic carbocycles. The Bertz CT molecular complexity index is 3780. The summed E-state index contributed by atoms with van der Waals surface area (Å²) < 4.78 is 126. The monoisotopic (exact) mass is 2010 g/mol. The van der Waals surface area contributed by atoms with Crippen LogP contribution in [0.4, 0.5) is 0 Å². The van der Waals surface area contributed by atoms with E-state index >= 15 is 0 Å². The Morgan fingerprint density at radius 1 is 0.190 bits per heavy atom. The highest BCUT2D eigenvalue weighted by Crippen LogP contribution is 2.42. The quantitative estimate of drug-likeness (QED) is 0.0277. The first-order chi connectivity index (χ1) is 64.8. The van der Waals surface area contributed by atoms with Crippen molar-refractivity contribution < 1.29 is 277 Å². The van der Waals surface area contributed by atoms with Crippen LogP contribution in [0.15, 0.2) is 0 Å². The van der Waals surface area contributed by atoms with Crippen LogP contribution in [-0.2, 0) is 123 Å². The second-order valence-electron chi connectivity index (χ2n) is 34.6. The molecule has 0 bridgehead atoms. The van der Waals surface area contributed by atoms with Gasteiger partial charge in [-0.1, -0.05) is 0 Å². The van der Waals surface area contributed by atoms with Gasteiger partial charge in [-0.3, -0.25) is 24.0 Å². The highest BCUT2D eigenvalue weighted by Gasteiger charge is 2.63. The summed E-state index contributed by atoms with van der Waals surface area (Å²) in [6.07, 6.45) is -109. The number of hydrogen-bond acceptors (Lipinski definition) is 56. The minimum absolute atomic E-state index is 0.831. The lowest BCUT2D eigenvalue weighted by Crippen LogP contribution is -2.71. The lowest BCUT2D eigenvalue weighted by molar-refractivity contribution is -0.399. The molecule has 11 rings (SSSR count). The second kappa shape index (κ2) is 49.5. The molecule has 0 spiro atoms. The van der Waals surface area contributed by atoms with Gasteiger partial charge in [-0.25, -0.2) is 0 Å². The number of rotatable bonds is 36. The number of nitrogens with one attached hydrogen (secondary N) is 5. The molecule has 55 atom stereocenters. The highest BCUT2D eigenvalue weighted by molar-refractivity contribution is 5.75. The van der Waals surface area contributed by atoms with Gasteiger partial charge in [0, 0.05) is 34.6 Å². The minimum Gasteiger partial charge on any atom is -0.394 e. The van der Waals surface area contributed by atoms with E-state index in [1.165, 1.54) is 0 Å². The number of aliphatic hydroxyl groups excluding tert-OH is 30. The van der Waals surface area contributed by atoms with E-state index in [9.17, 15) is 177 Å². The van der Waals surface area contributed by atoms with Crippen molar-refractivity contribution in [2.24, 2.45) is 0 Å². The molecule has 11 aliphatic rings. The molecule has 61 heteroatoms. The predicted molar refractivity (Wildman–Crippen MR) is 420 cm³/mol. The van der Waals surface area contributed by atoms with Crippen molar-refractivity contribution in [3.8, 4) is 0 Å². The van der Waals surface area contributed by atoms with Gasteiger partial charge in [-0.05, 0) is 0 Å². The zero-order valence-corrected chi connectivity index (χ0v) is 73.6. The van der Waals surface area contributed by atoms with Crippen LogP contribution in [0.25, 0.3) is 0 Å². The van der Waals surface area contributed by atoms with E-state index in [0.29, 0.717) is 0 Å². The summed E-state index contributed by atoms with van der Waals surface area (Å²) in [4.78, 5) is 65.3. The highest BCUT2D eigenvalue weighted by atomic mass is 16.8. The molecule has 0 saturated carbocycles. The normalized spacial score (nSPS) is 48.9. The average Bonchev–Trinajstić information content (AvgIpc) is 0.769. The topological polar surface area (TPSA) is 946 Å². The number of hydrogen-bond donors (Lipinski definition) is 35. The van der Waals surface area contributed by atoms with Gasteiger partial charge in [0.1, 0.15) is 268 Å². The van der Waals surface area contributed by atoms with Crippen molar-refractivity contribution in [1.82, 2.24) is 26.6 Å². The van der Waals surface area contributed by atoms with Gasteiger partial charge in [0.05, 0.1) is 72.7 Å². The fourth-order valence-corrected chi connectivity index (χ4v) is 17.7. The number of carbonyl (C=O) groups is 5. The zero-order valence-electron chi connectivity index (χ0n) is 73.6. The van der Waals surface area contributed by atoms with Crippen molar-refractivity contribution in [1.29, 1.82) is 0 Å². The standard InChI is InChI=1S/C76H127N5O56/c1-17(91)77-33-47(105)58(29(13-89)119-66(33)116)130-68-34(78-18(2)92)48(106)59(30(14-90)127-68)131-74-57(115)63(135-76-65(52(110)41(99)25(9-85)126-76)137-70-37(81-21(5)95)62(45(103)28(12-88)122-70)134-73-56(114)51(109)40(98)24(8-84)125-73)46(104)32(128-74)16-118-75-64(136-69-36(80-20(4)94)61(44(102)27(11-87)121-69)133-72-55(113)50(108)39(97)23(7-83)124-72)53(111)42(100)31(129-75)15-117-67-35(79-19(3)93)60(43(101)26(10-86)120-67)132-71-54(112)49(107)38(96)22(6-82)123-71/h22-76,82-90,96-116H,6-16H2,1-5H3,(H,77,91)(H,78,92)(H,79,93)(H,80,94)(H,81,95). The Labute approximate surface area is 775 Å². The van der Waals surface area contributed by atoms with E-state index in [-0.39, 0.29) is 0 Å². The number of aliphatic hydroxyl groups is 30. The van der Waals surface area contributed by atoms with Crippen LogP contribution in [-0.4, -0.2) is 593 Å². The lowest BCUT2D eigenvalue weighted by atomic mass is 9.93. The van der Waals surface area contributed by atoms with E-state index in [2.05, 4.69) is 26.6 Å². The molecule has 11 heterocycles. The van der Waals surface area contributed by atoms with Crippen LogP contribution in [0.2, 0.25) is 0 Å². The van der Waals surface area contributed by atoms with Crippen molar-refractivity contribution in [3.05, 3.63) is 0 Å². The Balaban J connectivity index is 0.990. The summed E-state index contributed by atoms with van der Waals surface area (Å²) in [7, 11) is 0. The van der Waals surface area contributed by atoms with Gasteiger partial charge >= 0.3 is 0 Å². The first-order valence-electron chi connectivity index (χ1n) is 43.6. The van der Waals surface area contributed by atoms with Crippen molar-refractivity contribution in [2.45, 2.75) is 372 Å². The summed E-state index contributed by atoms with van der Waals surface area (Å²) in [5.74, 6) is -4.85. The Kier molecular flexibility index (Phi) is 40.7. The van der Waals surface area contributed by atoms with Gasteiger partial charge in [-0.2, -0.15) is 0 Å². The van der Waals surface area contributed by atoms with Crippen molar-refractivity contribution >= 4 is 29.5 Å². The largest absolute Gasteiger partial charge is 0.394 e. The van der Waals surface area contributed by atoms with E-state index in [0.717, 1.165) is 34.6 Å². The third-order valence-corrected chi connectivity index (χ3v) is 25.0. The smallest absolute Gasteiger partial charge is 0.217 e. The van der Waals surface area contributed by atoms with Gasteiger partial charge in [-0.15, -0.1) is 0 Å². The molecule has 0 aromatic carbocycles. The third-order valence-electron chi connectivity index (χ3n) is 25.0. The summed E-state index contributed by atoms with van der Waals surface area (Å²) in [5.41, 5.74) is 0. The second-order valence-corrected chi connectivity index (χ2v) is 34.6. The van der Waals surface area contributed by atoms with Crippen LogP contribution < -0.4 is 26.6 Å². The first kappa shape index (κ1) is 113. The molecule has 11 saturated heterocycles. The molecule has 61 nitrogen and oxygen atoms in total. The molecule has 0 aromatic rings. The number of carbonyl (C=O) groups excluding carboxylic acids is 5. The van der Waals surface area contributed by atoms with Crippen molar-refractivity contribution in [2.75, 3.05) is 72.7 Å². The number of amides is 5. The van der Waals surface area contributed by atoms with Gasteiger partial charge in [0.15, 0.2) is 69.2 Å². The first-order valence-corrected chi connectivity index (χ1v) is 43.6. The summed E-state index contributed by atoms with van der Waals surface area (Å²) in [6, 6.07) is -9.70. The zero-order chi connectivity index (χ0) is 101. The Morgan fingerprint density at radius 3 is 0.803 bits per heavy atom. The van der Waals surface area contributed by atoms with Gasteiger partial charge < -0.3 is 279 Å². The van der Waals surface area contributed by atoms with E-state index < -0.39 is 440 Å². The fraction of sp³-hybridized carbons (Fsp3) is 0.934. The molecular formula is C76H127N5O56. The summed E-state index contributed by atoms with van der Waals surface area (Å²) in [5, 5.41) is 349. The molecule has 137 heavy (non-hydrogen) atoms. The van der Waals surface area contributed by atoms with Crippen LogP contribution in [0.5, 0.6) is 0 Å². The SMILES string of the molecule is CC(=O)NC1C(O)OC(CO)C(OC2OC(CO)C(OC3OC(COC4OC(COC5OC(CO)C(O)C(OC6OC(CO)C(O)C(O)C6O)C5NC(C)=O)C(O)C(O)C4OC4OC(CO)C(O)C(OC5OC(CO)C(O)C(O)C5O)C4NC(C)=O)C(O)C(OC4OC(CO)C(O)C(O)C4OC4OC(CO)C(O)C(OC5OC(CO)C(O)C(O)C5O)C4NC(C)=O)C3O)C(O)C2NC(C)=O)C1O. The fourth-order valence-electron chi connectivity index (χ4n) is 17.7. The molecule has 11 aliphatic heterocycles. The number of ether oxygens (including phenoxy) is 21. The molecule has 11 fully saturated rings. The summed E-state index contributed by atoms with van der Waals surface area (Å²) in [6.45, 7) is -8.20. The lowest BCUT2D eigenvalue weighted by Gasteiger charge is -2.51. The maximum atomic E-state index is 13.4. The third kappa shape index (κ3) is 25.2. The maximum Gasteiger partial charge on any atom is 0.217 e. The van der Waals surface area contributed by atoms with E-state index in [4.69, 9.17) is 99.5 Å². The van der Waals surface area contributed by atoms with Crippen LogP contribution in [0.1, 0.15) is 34.6 Å². The Morgan fingerprint density at radius 2 is 0.416 bits per heavy atom. The molecule has 5 amide bonds.